The molecule has 0 aliphatic rings. The molecule has 3 N–H and O–H groups in total. The molecule has 0 radical (unpaired) electrons. The van der Waals surface area contributed by atoms with Crippen molar-refractivity contribution < 1.29 is 22.7 Å². The van der Waals surface area contributed by atoms with Gasteiger partial charge in [-0.25, -0.2) is 13.1 Å². The van der Waals surface area contributed by atoms with Crippen LogP contribution in [0, 0.1) is 0 Å². The van der Waals surface area contributed by atoms with Gasteiger partial charge in [0.1, 0.15) is 0 Å². The van der Waals surface area contributed by atoms with Crippen molar-refractivity contribution in [3.8, 4) is 0 Å². The van der Waals surface area contributed by atoms with Crippen LogP contribution in [0.4, 0.5) is 0 Å². The van der Waals surface area contributed by atoms with Gasteiger partial charge in [0, 0.05) is 31.2 Å². The number of methoxy groups -OCH3 is 2. The van der Waals surface area contributed by atoms with Gasteiger partial charge in [-0.3, -0.25) is 4.79 Å². The molecule has 24 heavy (non-hydrogen) atoms. The monoisotopic (exact) mass is 398 g/mol. The first-order chi connectivity index (χ1) is 11.1. The van der Waals surface area contributed by atoms with E-state index in [4.69, 9.17) is 38.4 Å². The predicted molar refractivity (Wildman–Crippen MR) is 92.4 cm³/mol. The molecule has 136 valence electrons. The standard InChI is InChI=1S/C14H20Cl2N2O5S/c1-9(13(17)19)18-24(20,21)7-6-14(22-2,23-3)11-5-4-10(15)8-12(11)16/h4-5,8-9,18H,6-7H2,1-3H3,(H2,17,19). The van der Waals surface area contributed by atoms with Crippen LogP contribution in [0.25, 0.3) is 0 Å². The van der Waals surface area contributed by atoms with Crippen molar-refractivity contribution in [3.63, 3.8) is 0 Å². The SMILES string of the molecule is COC(CCS(=O)(=O)NC(C)C(N)=O)(OC)c1ccc(Cl)cc1Cl. The Morgan fingerprint density at radius 2 is 1.92 bits per heavy atom. The Kier molecular flexibility index (Phi) is 7.45. The minimum absolute atomic E-state index is 0.0673. The van der Waals surface area contributed by atoms with E-state index in [1.54, 1.807) is 12.1 Å². The molecule has 0 fully saturated rings. The normalized spacial score (nSPS) is 13.7. The number of carbonyl (C=O) groups is 1. The Morgan fingerprint density at radius 1 is 1.33 bits per heavy atom. The maximum Gasteiger partial charge on any atom is 0.235 e. The highest BCUT2D eigenvalue weighted by atomic mass is 35.5. The third-order valence-corrected chi connectivity index (χ3v) is 5.49. The molecule has 10 heteroatoms. The predicted octanol–water partition coefficient (Wildman–Crippen LogP) is 1.62. The average molecular weight is 399 g/mol. The second kappa shape index (κ2) is 8.46. The van der Waals surface area contributed by atoms with E-state index in [0.29, 0.717) is 10.6 Å². The molecule has 0 spiro atoms. The Labute approximate surface area is 151 Å². The summed E-state index contributed by atoms with van der Waals surface area (Å²) < 4.78 is 37.2. The van der Waals surface area contributed by atoms with E-state index in [2.05, 4.69) is 4.72 Å². The average Bonchev–Trinajstić information content (AvgIpc) is 2.49. The van der Waals surface area contributed by atoms with Gasteiger partial charge in [0.05, 0.1) is 16.8 Å². The van der Waals surface area contributed by atoms with E-state index < -0.39 is 27.8 Å². The van der Waals surface area contributed by atoms with Gasteiger partial charge in [0.25, 0.3) is 0 Å². The number of hydrogen-bond donors (Lipinski definition) is 2. The van der Waals surface area contributed by atoms with Crippen LogP contribution in [-0.2, 0) is 30.1 Å². The molecule has 0 heterocycles. The van der Waals surface area contributed by atoms with Crippen LogP contribution in [0.1, 0.15) is 18.9 Å². The number of ether oxygens (including phenoxy) is 2. The number of nitrogens with two attached hydrogens (primary N) is 1. The lowest BCUT2D eigenvalue weighted by Gasteiger charge is -2.32. The fourth-order valence-electron chi connectivity index (χ4n) is 2.10. The van der Waals surface area contributed by atoms with Crippen molar-refractivity contribution in [2.24, 2.45) is 5.73 Å². The van der Waals surface area contributed by atoms with Crippen molar-refractivity contribution in [1.82, 2.24) is 4.72 Å². The molecule has 0 aromatic heterocycles. The molecule has 1 amide bonds. The van der Waals surface area contributed by atoms with Gasteiger partial charge in [-0.05, 0) is 19.1 Å². The highest BCUT2D eigenvalue weighted by Crippen LogP contribution is 2.36. The maximum absolute atomic E-state index is 12.1. The van der Waals surface area contributed by atoms with Gasteiger partial charge in [-0.1, -0.05) is 29.3 Å². The van der Waals surface area contributed by atoms with Crippen molar-refractivity contribution in [3.05, 3.63) is 33.8 Å². The third kappa shape index (κ3) is 5.30. The molecule has 7 nitrogen and oxygen atoms in total. The topological polar surface area (TPSA) is 108 Å². The smallest absolute Gasteiger partial charge is 0.235 e. The van der Waals surface area contributed by atoms with E-state index in [1.807, 2.05) is 0 Å². The van der Waals surface area contributed by atoms with Gasteiger partial charge >= 0.3 is 0 Å². The van der Waals surface area contributed by atoms with E-state index in [-0.39, 0.29) is 17.2 Å². The first-order valence-corrected chi connectivity index (χ1v) is 9.33. The summed E-state index contributed by atoms with van der Waals surface area (Å²) in [4.78, 5) is 11.0. The van der Waals surface area contributed by atoms with Crippen molar-refractivity contribution in [2.45, 2.75) is 25.2 Å². The molecule has 0 aliphatic carbocycles. The molecule has 0 aliphatic heterocycles. The molecular weight excluding hydrogens is 379 g/mol. The van der Waals surface area contributed by atoms with E-state index in [1.165, 1.54) is 27.2 Å². The Balaban J connectivity index is 3.03. The number of halogens is 2. The molecule has 0 saturated carbocycles. The lowest BCUT2D eigenvalue weighted by Crippen LogP contribution is -2.44. The first-order valence-electron chi connectivity index (χ1n) is 6.92. The highest BCUT2D eigenvalue weighted by Gasteiger charge is 2.36. The minimum atomic E-state index is -3.79. The van der Waals surface area contributed by atoms with E-state index >= 15 is 0 Å². The Bertz CT molecular complexity index is 692. The van der Waals surface area contributed by atoms with Gasteiger partial charge in [-0.2, -0.15) is 0 Å². The number of hydrogen-bond acceptors (Lipinski definition) is 5. The summed E-state index contributed by atoms with van der Waals surface area (Å²) in [5.41, 5.74) is 5.50. The number of amides is 1. The number of carbonyl (C=O) groups excluding carboxylic acids is 1. The molecule has 1 unspecified atom stereocenters. The molecule has 0 saturated heterocycles. The van der Waals surface area contributed by atoms with E-state index in [9.17, 15) is 13.2 Å². The van der Waals surface area contributed by atoms with Crippen molar-refractivity contribution >= 4 is 39.1 Å². The largest absolute Gasteiger partial charge is 0.368 e. The zero-order valence-corrected chi connectivity index (χ0v) is 15.8. The Hall–Kier alpha value is -0.900. The van der Waals surface area contributed by atoms with Crippen LogP contribution in [0.3, 0.4) is 0 Å². The molecule has 0 bridgehead atoms. The van der Waals surface area contributed by atoms with Crippen molar-refractivity contribution in [2.75, 3.05) is 20.0 Å². The summed E-state index contributed by atoms with van der Waals surface area (Å²) in [6.07, 6.45) is -0.0673. The molecule has 1 rings (SSSR count). The summed E-state index contributed by atoms with van der Waals surface area (Å²) in [6.45, 7) is 1.36. The van der Waals surface area contributed by atoms with Crippen LogP contribution in [0.5, 0.6) is 0 Å². The molecule has 1 atom stereocenters. The molecular formula is C14H20Cl2N2O5S. The highest BCUT2D eigenvalue weighted by molar-refractivity contribution is 7.89. The summed E-state index contributed by atoms with van der Waals surface area (Å²) in [7, 11) is -1.04. The second-order valence-electron chi connectivity index (χ2n) is 5.10. The third-order valence-electron chi connectivity index (χ3n) is 3.48. The van der Waals surface area contributed by atoms with Gasteiger partial charge < -0.3 is 15.2 Å². The number of rotatable bonds is 9. The number of benzene rings is 1. The number of sulfonamides is 1. The van der Waals surface area contributed by atoms with Crippen LogP contribution >= 0.6 is 23.2 Å². The number of primary amides is 1. The van der Waals surface area contributed by atoms with Crippen LogP contribution in [0.15, 0.2) is 18.2 Å². The fraction of sp³-hybridized carbons (Fsp3) is 0.500. The molecule has 1 aromatic rings. The molecule has 1 aromatic carbocycles. The van der Waals surface area contributed by atoms with Gasteiger partial charge in [0.2, 0.25) is 15.9 Å². The maximum atomic E-state index is 12.1. The first kappa shape index (κ1) is 21.1. The van der Waals surface area contributed by atoms with Crippen LogP contribution < -0.4 is 10.5 Å². The lowest BCUT2D eigenvalue weighted by atomic mass is 10.0. The van der Waals surface area contributed by atoms with Gasteiger partial charge in [-0.15, -0.1) is 0 Å². The zero-order valence-electron chi connectivity index (χ0n) is 13.5. The Morgan fingerprint density at radius 3 is 2.38 bits per heavy atom. The van der Waals surface area contributed by atoms with Gasteiger partial charge in [0.15, 0.2) is 5.79 Å². The van der Waals surface area contributed by atoms with Crippen molar-refractivity contribution in [1.29, 1.82) is 0 Å². The summed E-state index contributed by atoms with van der Waals surface area (Å²) >= 11 is 12.1. The van der Waals surface area contributed by atoms with Crippen LogP contribution in [0.2, 0.25) is 10.0 Å². The fourth-order valence-corrected chi connectivity index (χ4v) is 3.96. The van der Waals surface area contributed by atoms with E-state index in [0.717, 1.165) is 0 Å². The summed E-state index contributed by atoms with van der Waals surface area (Å²) in [6, 6.07) is 3.68. The lowest BCUT2D eigenvalue weighted by molar-refractivity contribution is -0.216. The number of nitrogens with one attached hydrogen (secondary N) is 1. The zero-order chi connectivity index (χ0) is 18.5. The quantitative estimate of drug-likeness (QED) is 0.614. The summed E-state index contributed by atoms with van der Waals surface area (Å²) in [5.74, 6) is -2.53. The summed E-state index contributed by atoms with van der Waals surface area (Å²) in [5, 5.41) is 0.705. The second-order valence-corrected chi connectivity index (χ2v) is 7.81. The minimum Gasteiger partial charge on any atom is -0.368 e. The van der Waals surface area contributed by atoms with Crippen LogP contribution in [-0.4, -0.2) is 40.3 Å².